The number of halogens is 1. The number of nitrogens with zero attached hydrogens (tertiary/aromatic N) is 3. The zero-order valence-electron chi connectivity index (χ0n) is 10.2. The summed E-state index contributed by atoms with van der Waals surface area (Å²) in [5, 5.41) is 3.01. The molecule has 0 radical (unpaired) electrons. The Morgan fingerprint density at radius 2 is 2.06 bits per heavy atom. The normalized spacial score (nSPS) is 19.2. The monoisotopic (exact) mass is 309 g/mol. The van der Waals surface area contributed by atoms with Crippen LogP contribution in [-0.2, 0) is 22.4 Å². The molecule has 1 aliphatic rings. The summed E-state index contributed by atoms with van der Waals surface area (Å²) in [6, 6.07) is 0. The zero-order chi connectivity index (χ0) is 13.2. The summed E-state index contributed by atoms with van der Waals surface area (Å²) in [7, 11) is -3.05. The Kier molecular flexibility index (Phi) is 4.60. The van der Waals surface area contributed by atoms with Crippen LogP contribution < -0.4 is 0 Å². The Bertz CT molecular complexity index is 495. The van der Waals surface area contributed by atoms with Crippen molar-refractivity contribution in [1.82, 2.24) is 14.2 Å². The molecule has 0 N–H and O–H groups in total. The third kappa shape index (κ3) is 3.64. The minimum atomic E-state index is -3.05. The van der Waals surface area contributed by atoms with Gasteiger partial charge in [0.05, 0.1) is 24.4 Å². The molecule has 0 atom stereocenters. The molecule has 0 aliphatic carbocycles. The summed E-state index contributed by atoms with van der Waals surface area (Å²) in [5.41, 5.74) is 0.909. The van der Waals surface area contributed by atoms with E-state index >= 15 is 0 Å². The first-order chi connectivity index (χ1) is 8.49. The van der Waals surface area contributed by atoms with Crippen LogP contribution in [0.1, 0.15) is 10.7 Å². The van der Waals surface area contributed by atoms with Crippen molar-refractivity contribution < 1.29 is 8.42 Å². The molecule has 2 rings (SSSR count). The van der Waals surface area contributed by atoms with E-state index in [2.05, 4.69) is 9.88 Å². The second kappa shape index (κ2) is 5.83. The maximum Gasteiger partial charge on any atom is 0.211 e. The lowest BCUT2D eigenvalue weighted by Gasteiger charge is -2.32. The highest BCUT2D eigenvalue weighted by molar-refractivity contribution is 7.88. The molecular weight excluding hydrogens is 294 g/mol. The first-order valence-corrected chi connectivity index (χ1v) is 8.92. The Balaban J connectivity index is 1.87. The molecule has 102 valence electrons. The van der Waals surface area contributed by atoms with Gasteiger partial charge in [-0.3, -0.25) is 4.90 Å². The van der Waals surface area contributed by atoms with Crippen molar-refractivity contribution in [3.05, 3.63) is 16.1 Å². The van der Waals surface area contributed by atoms with Gasteiger partial charge in [0.1, 0.15) is 5.01 Å². The predicted molar refractivity (Wildman–Crippen MR) is 73.4 cm³/mol. The highest BCUT2D eigenvalue weighted by Crippen LogP contribution is 2.15. The standard InChI is InChI=1S/C10H16ClN3O2S2/c1-18(15,16)14-4-2-13(3-5-14)7-10-12-9(6-11)8-17-10/h8H,2-7H2,1H3. The number of aromatic nitrogens is 1. The highest BCUT2D eigenvalue weighted by atomic mass is 35.5. The van der Waals surface area contributed by atoms with Crippen molar-refractivity contribution in [3.8, 4) is 0 Å². The largest absolute Gasteiger partial charge is 0.294 e. The fraction of sp³-hybridized carbons (Fsp3) is 0.700. The first kappa shape index (κ1) is 14.2. The SMILES string of the molecule is CS(=O)(=O)N1CCN(Cc2nc(CCl)cs2)CC1. The van der Waals surface area contributed by atoms with Crippen LogP contribution in [0.4, 0.5) is 0 Å². The van der Waals surface area contributed by atoms with E-state index in [0.717, 1.165) is 30.3 Å². The number of alkyl halides is 1. The van der Waals surface area contributed by atoms with E-state index in [1.165, 1.54) is 10.6 Å². The van der Waals surface area contributed by atoms with Crippen molar-refractivity contribution >= 4 is 33.0 Å². The Morgan fingerprint density at radius 3 is 2.56 bits per heavy atom. The average molecular weight is 310 g/mol. The van der Waals surface area contributed by atoms with Crippen LogP contribution in [0.25, 0.3) is 0 Å². The molecule has 1 saturated heterocycles. The van der Waals surface area contributed by atoms with Crippen LogP contribution in [-0.4, -0.2) is 55.0 Å². The van der Waals surface area contributed by atoms with E-state index in [1.54, 1.807) is 11.3 Å². The topological polar surface area (TPSA) is 53.5 Å². The van der Waals surface area contributed by atoms with E-state index in [-0.39, 0.29) is 0 Å². The second-order valence-electron chi connectivity index (χ2n) is 4.30. The van der Waals surface area contributed by atoms with Gasteiger partial charge >= 0.3 is 0 Å². The molecule has 1 aromatic rings. The van der Waals surface area contributed by atoms with Gasteiger partial charge in [0.2, 0.25) is 10.0 Å². The second-order valence-corrected chi connectivity index (χ2v) is 7.50. The molecule has 0 bridgehead atoms. The number of rotatable bonds is 4. The molecule has 18 heavy (non-hydrogen) atoms. The van der Waals surface area contributed by atoms with Crippen LogP contribution in [0, 0.1) is 0 Å². The third-order valence-electron chi connectivity index (χ3n) is 2.90. The molecule has 0 saturated carbocycles. The molecule has 0 aromatic carbocycles. The molecule has 1 fully saturated rings. The Morgan fingerprint density at radius 1 is 1.39 bits per heavy atom. The van der Waals surface area contributed by atoms with Gasteiger partial charge in [-0.15, -0.1) is 22.9 Å². The van der Waals surface area contributed by atoms with Crippen LogP contribution >= 0.6 is 22.9 Å². The third-order valence-corrected chi connectivity index (χ3v) is 5.35. The zero-order valence-corrected chi connectivity index (χ0v) is 12.6. The molecule has 0 unspecified atom stereocenters. The fourth-order valence-electron chi connectivity index (χ4n) is 1.89. The van der Waals surface area contributed by atoms with Crippen molar-refractivity contribution in [2.24, 2.45) is 0 Å². The quantitative estimate of drug-likeness (QED) is 0.777. The molecule has 8 heteroatoms. The number of hydrogen-bond acceptors (Lipinski definition) is 5. The number of sulfonamides is 1. The van der Waals surface area contributed by atoms with Crippen LogP contribution in [0.5, 0.6) is 0 Å². The maximum atomic E-state index is 11.4. The van der Waals surface area contributed by atoms with Gasteiger partial charge < -0.3 is 0 Å². The Labute approximate surface area is 116 Å². The Hall–Kier alpha value is -0.210. The first-order valence-electron chi connectivity index (χ1n) is 5.66. The highest BCUT2D eigenvalue weighted by Gasteiger charge is 2.23. The van der Waals surface area contributed by atoms with Gasteiger partial charge in [-0.25, -0.2) is 13.4 Å². The molecule has 1 aliphatic heterocycles. The predicted octanol–water partition coefficient (Wildman–Crippen LogP) is 0.959. The fourth-order valence-corrected chi connectivity index (χ4v) is 3.78. The van der Waals surface area contributed by atoms with Crippen LogP contribution in [0.15, 0.2) is 5.38 Å². The lowest BCUT2D eigenvalue weighted by atomic mass is 10.3. The van der Waals surface area contributed by atoms with E-state index in [1.807, 2.05) is 5.38 Å². The maximum absolute atomic E-state index is 11.4. The van der Waals surface area contributed by atoms with Crippen LogP contribution in [0.3, 0.4) is 0 Å². The molecule has 2 heterocycles. The smallest absolute Gasteiger partial charge is 0.211 e. The van der Waals surface area contributed by atoms with Gasteiger partial charge in [0.25, 0.3) is 0 Å². The van der Waals surface area contributed by atoms with Gasteiger partial charge in [0.15, 0.2) is 0 Å². The minimum absolute atomic E-state index is 0.443. The van der Waals surface area contributed by atoms with Gasteiger partial charge in [0, 0.05) is 31.6 Å². The number of hydrogen-bond donors (Lipinski definition) is 0. The lowest BCUT2D eigenvalue weighted by molar-refractivity contribution is 0.182. The van der Waals surface area contributed by atoms with Crippen molar-refractivity contribution in [3.63, 3.8) is 0 Å². The number of piperazine rings is 1. The lowest BCUT2D eigenvalue weighted by Crippen LogP contribution is -2.47. The molecule has 0 amide bonds. The summed E-state index contributed by atoms with van der Waals surface area (Å²) in [6.07, 6.45) is 1.26. The molecular formula is C10H16ClN3O2S2. The summed E-state index contributed by atoms with van der Waals surface area (Å²) in [4.78, 5) is 6.62. The van der Waals surface area contributed by atoms with Gasteiger partial charge in [-0.2, -0.15) is 4.31 Å². The minimum Gasteiger partial charge on any atom is -0.294 e. The average Bonchev–Trinajstić information content (AvgIpc) is 2.76. The summed E-state index contributed by atoms with van der Waals surface area (Å²) in [6.45, 7) is 3.41. The summed E-state index contributed by atoms with van der Waals surface area (Å²) in [5.74, 6) is 0.443. The van der Waals surface area contributed by atoms with Crippen molar-refractivity contribution in [2.45, 2.75) is 12.4 Å². The van der Waals surface area contributed by atoms with Crippen molar-refractivity contribution in [2.75, 3.05) is 32.4 Å². The number of thiazole rings is 1. The van der Waals surface area contributed by atoms with Gasteiger partial charge in [-0.05, 0) is 0 Å². The van der Waals surface area contributed by atoms with E-state index in [4.69, 9.17) is 11.6 Å². The van der Waals surface area contributed by atoms with E-state index < -0.39 is 10.0 Å². The summed E-state index contributed by atoms with van der Waals surface area (Å²) >= 11 is 7.31. The van der Waals surface area contributed by atoms with Crippen molar-refractivity contribution in [1.29, 1.82) is 0 Å². The molecule has 5 nitrogen and oxygen atoms in total. The summed E-state index contributed by atoms with van der Waals surface area (Å²) < 4.78 is 24.3. The van der Waals surface area contributed by atoms with E-state index in [0.29, 0.717) is 19.0 Å². The molecule has 0 spiro atoms. The van der Waals surface area contributed by atoms with Crippen LogP contribution in [0.2, 0.25) is 0 Å². The van der Waals surface area contributed by atoms with E-state index in [9.17, 15) is 8.42 Å². The molecule has 1 aromatic heterocycles. The van der Waals surface area contributed by atoms with Gasteiger partial charge in [-0.1, -0.05) is 0 Å².